The third-order valence-electron chi connectivity index (χ3n) is 4.06. The molecular weight excluding hydrogens is 304 g/mol. The summed E-state index contributed by atoms with van der Waals surface area (Å²) < 4.78 is 0. The van der Waals surface area contributed by atoms with E-state index in [2.05, 4.69) is 40.6 Å². The number of phenols is 1. The number of aromatic amines is 1. The quantitative estimate of drug-likeness (QED) is 0.554. The molecule has 3 aromatic rings. The maximum absolute atomic E-state index is 9.69. The average Bonchev–Trinajstić information content (AvgIpc) is 2.93. The zero-order valence-electron chi connectivity index (χ0n) is 13.4. The maximum Gasteiger partial charge on any atom is 0.300 e. The molecule has 1 aliphatic rings. The third kappa shape index (κ3) is 3.26. The summed E-state index contributed by atoms with van der Waals surface area (Å²) in [5, 5.41) is 22.0. The van der Waals surface area contributed by atoms with Crippen molar-refractivity contribution in [3.05, 3.63) is 65.4 Å². The first kappa shape index (κ1) is 16.1. The number of phenolic OH excluding ortho intramolecular Hbond substituents is 1. The molecule has 0 bridgehead atoms. The van der Waals surface area contributed by atoms with E-state index in [1.807, 2.05) is 12.1 Å². The number of benzene rings is 2. The molecule has 0 fully saturated rings. The standard InChI is InChI=1S/C17H16N2O.C2H4O2/c20-12-5-3-4-11(10-12)16-17-14(8-9-18-16)13-6-1-2-7-15(13)19-17;1-2(3)4/h1-7,10,16,18-20H,8-9H2;1H3,(H,3,4). The van der Waals surface area contributed by atoms with Gasteiger partial charge in [-0.1, -0.05) is 30.3 Å². The summed E-state index contributed by atoms with van der Waals surface area (Å²) >= 11 is 0. The first-order chi connectivity index (χ1) is 11.6. The molecule has 0 spiro atoms. The van der Waals surface area contributed by atoms with E-state index < -0.39 is 5.97 Å². The van der Waals surface area contributed by atoms with Crippen molar-refractivity contribution in [3.63, 3.8) is 0 Å². The zero-order valence-corrected chi connectivity index (χ0v) is 13.4. The number of aromatic nitrogens is 1. The van der Waals surface area contributed by atoms with Crippen LogP contribution >= 0.6 is 0 Å². The molecule has 5 heteroatoms. The number of rotatable bonds is 1. The van der Waals surface area contributed by atoms with E-state index in [1.54, 1.807) is 6.07 Å². The molecule has 0 amide bonds. The minimum absolute atomic E-state index is 0.123. The van der Waals surface area contributed by atoms with E-state index in [0.29, 0.717) is 5.75 Å². The first-order valence-corrected chi connectivity index (χ1v) is 7.87. The van der Waals surface area contributed by atoms with E-state index in [1.165, 1.54) is 22.2 Å². The van der Waals surface area contributed by atoms with Crippen molar-refractivity contribution in [2.45, 2.75) is 19.4 Å². The summed E-state index contributed by atoms with van der Waals surface area (Å²) in [6, 6.07) is 16.0. The number of para-hydroxylation sites is 1. The molecule has 5 nitrogen and oxygen atoms in total. The number of carboxylic acids is 1. The van der Waals surface area contributed by atoms with Crippen molar-refractivity contribution >= 4 is 16.9 Å². The summed E-state index contributed by atoms with van der Waals surface area (Å²) in [5.41, 5.74) is 4.90. The number of aromatic hydroxyl groups is 1. The molecule has 1 aliphatic heterocycles. The molecule has 4 rings (SSSR count). The molecule has 1 unspecified atom stereocenters. The first-order valence-electron chi connectivity index (χ1n) is 7.87. The van der Waals surface area contributed by atoms with Gasteiger partial charge in [0.25, 0.3) is 5.97 Å². The molecule has 0 saturated carbocycles. The fraction of sp³-hybridized carbons (Fsp3) is 0.211. The van der Waals surface area contributed by atoms with Crippen molar-refractivity contribution in [2.24, 2.45) is 0 Å². The van der Waals surface area contributed by atoms with Crippen LogP contribution in [0.15, 0.2) is 48.5 Å². The van der Waals surface area contributed by atoms with Crippen LogP contribution in [0.4, 0.5) is 0 Å². The summed E-state index contributed by atoms with van der Waals surface area (Å²) in [7, 11) is 0. The Morgan fingerprint density at radius 1 is 1.17 bits per heavy atom. The fourth-order valence-corrected chi connectivity index (χ4v) is 3.17. The number of hydrogen-bond donors (Lipinski definition) is 4. The van der Waals surface area contributed by atoms with Crippen molar-refractivity contribution in [3.8, 4) is 5.75 Å². The largest absolute Gasteiger partial charge is 0.508 e. The molecule has 2 aromatic carbocycles. The fourth-order valence-electron chi connectivity index (χ4n) is 3.17. The molecule has 1 aromatic heterocycles. The Morgan fingerprint density at radius 3 is 2.67 bits per heavy atom. The molecule has 2 heterocycles. The highest BCUT2D eigenvalue weighted by molar-refractivity contribution is 5.85. The predicted molar refractivity (Wildman–Crippen MR) is 93.3 cm³/mol. The van der Waals surface area contributed by atoms with Gasteiger partial charge >= 0.3 is 0 Å². The smallest absolute Gasteiger partial charge is 0.300 e. The van der Waals surface area contributed by atoms with Gasteiger partial charge in [-0.15, -0.1) is 0 Å². The minimum atomic E-state index is -0.833. The highest BCUT2D eigenvalue weighted by Gasteiger charge is 2.25. The molecule has 24 heavy (non-hydrogen) atoms. The molecule has 0 aliphatic carbocycles. The van der Waals surface area contributed by atoms with Crippen molar-refractivity contribution in [1.29, 1.82) is 0 Å². The Kier molecular flexibility index (Phi) is 4.53. The normalized spacial score (nSPS) is 16.1. The lowest BCUT2D eigenvalue weighted by molar-refractivity contribution is -0.134. The van der Waals surface area contributed by atoms with Gasteiger partial charge < -0.3 is 20.5 Å². The molecule has 124 valence electrons. The lowest BCUT2D eigenvalue weighted by Gasteiger charge is -2.24. The van der Waals surface area contributed by atoms with Gasteiger partial charge in [0, 0.05) is 30.1 Å². The van der Waals surface area contributed by atoms with E-state index >= 15 is 0 Å². The lowest BCUT2D eigenvalue weighted by Crippen LogP contribution is -2.30. The molecular formula is C19H20N2O3. The summed E-state index contributed by atoms with van der Waals surface area (Å²) in [6.45, 7) is 2.04. The maximum atomic E-state index is 9.69. The van der Waals surface area contributed by atoms with E-state index in [9.17, 15) is 5.11 Å². The van der Waals surface area contributed by atoms with Gasteiger partial charge in [0.05, 0.1) is 6.04 Å². The SMILES string of the molecule is CC(=O)O.Oc1cccc(C2NCCc3c2[nH]c2ccccc32)c1. The number of nitrogens with one attached hydrogen (secondary N) is 2. The second-order valence-electron chi connectivity index (χ2n) is 5.81. The van der Waals surface area contributed by atoms with Crippen LogP contribution in [0, 0.1) is 0 Å². The van der Waals surface area contributed by atoms with Crippen LogP contribution in [-0.2, 0) is 11.2 Å². The number of H-pyrrole nitrogens is 1. The summed E-state index contributed by atoms with van der Waals surface area (Å²) in [4.78, 5) is 12.5. The van der Waals surface area contributed by atoms with Crippen LogP contribution in [0.1, 0.15) is 29.8 Å². The Labute approximate surface area is 140 Å². The topological polar surface area (TPSA) is 85.3 Å². The Balaban J connectivity index is 0.000000383. The molecule has 0 saturated heterocycles. The van der Waals surface area contributed by atoms with Crippen LogP contribution in [0.5, 0.6) is 5.75 Å². The van der Waals surface area contributed by atoms with Crippen LogP contribution in [0.3, 0.4) is 0 Å². The average molecular weight is 324 g/mol. The van der Waals surface area contributed by atoms with Crippen LogP contribution in [0.2, 0.25) is 0 Å². The van der Waals surface area contributed by atoms with E-state index in [0.717, 1.165) is 25.5 Å². The second kappa shape index (κ2) is 6.76. The number of hydrogen-bond acceptors (Lipinski definition) is 3. The monoisotopic (exact) mass is 324 g/mol. The second-order valence-corrected chi connectivity index (χ2v) is 5.81. The van der Waals surface area contributed by atoms with Gasteiger partial charge in [-0.25, -0.2) is 0 Å². The van der Waals surface area contributed by atoms with Crippen molar-refractivity contribution < 1.29 is 15.0 Å². The number of aliphatic carboxylic acids is 1. The number of carbonyl (C=O) groups is 1. The van der Waals surface area contributed by atoms with Crippen LogP contribution < -0.4 is 5.32 Å². The lowest BCUT2D eigenvalue weighted by atomic mass is 9.94. The van der Waals surface area contributed by atoms with E-state index in [4.69, 9.17) is 9.90 Å². The van der Waals surface area contributed by atoms with Gasteiger partial charge in [0.15, 0.2) is 0 Å². The molecule has 4 N–H and O–H groups in total. The van der Waals surface area contributed by atoms with Gasteiger partial charge in [-0.3, -0.25) is 4.79 Å². The van der Waals surface area contributed by atoms with Crippen LogP contribution in [-0.4, -0.2) is 27.7 Å². The summed E-state index contributed by atoms with van der Waals surface area (Å²) in [5.74, 6) is -0.521. The minimum Gasteiger partial charge on any atom is -0.508 e. The highest BCUT2D eigenvalue weighted by Crippen LogP contribution is 2.34. The molecule has 1 atom stereocenters. The van der Waals surface area contributed by atoms with Crippen LogP contribution in [0.25, 0.3) is 10.9 Å². The zero-order chi connectivity index (χ0) is 17.1. The molecule has 0 radical (unpaired) electrons. The Morgan fingerprint density at radius 2 is 1.92 bits per heavy atom. The Hall–Kier alpha value is -2.79. The predicted octanol–water partition coefficient (Wildman–Crippen LogP) is 3.20. The van der Waals surface area contributed by atoms with Crippen molar-refractivity contribution in [1.82, 2.24) is 10.3 Å². The number of carboxylic acid groups (broad SMARTS) is 1. The van der Waals surface area contributed by atoms with Crippen molar-refractivity contribution in [2.75, 3.05) is 6.54 Å². The summed E-state index contributed by atoms with van der Waals surface area (Å²) in [6.07, 6.45) is 1.04. The highest BCUT2D eigenvalue weighted by atomic mass is 16.4. The Bertz CT molecular complexity index is 866. The number of fused-ring (bicyclic) bond motifs is 3. The van der Waals surface area contributed by atoms with Gasteiger partial charge in [-0.05, 0) is 35.7 Å². The third-order valence-corrected chi connectivity index (χ3v) is 4.06. The van der Waals surface area contributed by atoms with Gasteiger partial charge in [0.1, 0.15) is 5.75 Å². The van der Waals surface area contributed by atoms with Gasteiger partial charge in [-0.2, -0.15) is 0 Å². The van der Waals surface area contributed by atoms with Gasteiger partial charge in [0.2, 0.25) is 0 Å². The van der Waals surface area contributed by atoms with E-state index in [-0.39, 0.29) is 6.04 Å².